The molecule has 2 aliphatic carbocycles. The minimum atomic E-state index is -3.02. The SMILES string of the molecule is C=S1(=O)NC(=O)c2ccc3c(c2)N(C[C@@H]2CC[C@H]2[C@](O)(Cc2ccnc(C#N)c2)/C=C/C[C@H](C)[C@H]1C)C[C@@]1(CCCc2cc(Cl)ccc21)CO3. The predicted molar refractivity (Wildman–Crippen MR) is 199 cm³/mol. The van der Waals surface area contributed by atoms with Gasteiger partial charge in [0.15, 0.2) is 0 Å². The molecule has 0 radical (unpaired) electrons. The number of fused-ring (bicyclic) bond motifs is 4. The Labute approximate surface area is 300 Å². The van der Waals surface area contributed by atoms with Gasteiger partial charge in [-0.2, -0.15) is 5.26 Å². The number of benzene rings is 2. The Bertz CT molecular complexity index is 1990. The molecular formula is C40H45ClN4O4S. The highest BCUT2D eigenvalue weighted by atomic mass is 35.5. The first kappa shape index (κ1) is 34.6. The van der Waals surface area contributed by atoms with E-state index in [1.165, 1.54) is 11.1 Å². The number of amides is 1. The average Bonchev–Trinajstić information content (AvgIpc) is 3.22. The van der Waals surface area contributed by atoms with Gasteiger partial charge in [-0.15, -0.1) is 0 Å². The van der Waals surface area contributed by atoms with Crippen LogP contribution >= 0.6 is 11.6 Å². The van der Waals surface area contributed by atoms with Gasteiger partial charge >= 0.3 is 0 Å². The van der Waals surface area contributed by atoms with Crippen molar-refractivity contribution in [3.8, 4) is 11.8 Å². The van der Waals surface area contributed by atoms with Crippen LogP contribution in [0.1, 0.15) is 78.7 Å². The summed E-state index contributed by atoms with van der Waals surface area (Å²) in [7, 11) is -3.02. The number of ether oxygens (including phenoxy) is 1. The second-order valence-corrected chi connectivity index (χ2v) is 17.9. The number of aromatic nitrogens is 1. The summed E-state index contributed by atoms with van der Waals surface area (Å²) in [6, 6.07) is 17.4. The fourth-order valence-electron chi connectivity index (χ4n) is 8.63. The maximum absolute atomic E-state index is 13.9. The Morgan fingerprint density at radius 2 is 2.04 bits per heavy atom. The zero-order chi connectivity index (χ0) is 35.3. The van der Waals surface area contributed by atoms with E-state index < -0.39 is 26.5 Å². The summed E-state index contributed by atoms with van der Waals surface area (Å²) in [6.07, 6.45) is 11.2. The van der Waals surface area contributed by atoms with E-state index in [9.17, 15) is 19.4 Å². The van der Waals surface area contributed by atoms with Crippen LogP contribution in [0.5, 0.6) is 5.75 Å². The zero-order valence-electron chi connectivity index (χ0n) is 28.7. The molecule has 2 aromatic carbocycles. The number of halogens is 1. The van der Waals surface area contributed by atoms with Crippen LogP contribution in [0.2, 0.25) is 5.02 Å². The number of aryl methyl sites for hydroxylation is 1. The number of hydrogen-bond acceptors (Lipinski definition) is 7. The fourth-order valence-corrected chi connectivity index (χ4v) is 10.3. The number of allylic oxidation sites excluding steroid dienone is 1. The van der Waals surface area contributed by atoms with Gasteiger partial charge in [0, 0.05) is 47.0 Å². The number of hydrogen-bond donors (Lipinski definition) is 2. The second-order valence-electron chi connectivity index (χ2n) is 15.0. The van der Waals surface area contributed by atoms with E-state index in [0.717, 1.165) is 48.4 Å². The minimum absolute atomic E-state index is 0.0531. The molecule has 2 aliphatic heterocycles. The van der Waals surface area contributed by atoms with Crippen molar-refractivity contribution in [1.82, 2.24) is 9.71 Å². The Hall–Kier alpha value is -3.84. The predicted octanol–water partition coefficient (Wildman–Crippen LogP) is 6.43. The summed E-state index contributed by atoms with van der Waals surface area (Å²) in [4.78, 5) is 20.2. The lowest BCUT2D eigenvalue weighted by Gasteiger charge is -2.49. The second kappa shape index (κ2) is 13.4. The number of aliphatic hydroxyl groups is 1. The molecule has 0 saturated heterocycles. The van der Waals surface area contributed by atoms with Crippen molar-refractivity contribution in [2.45, 2.75) is 75.1 Å². The Kier molecular flexibility index (Phi) is 9.25. The van der Waals surface area contributed by atoms with E-state index in [2.05, 4.69) is 38.7 Å². The maximum Gasteiger partial charge on any atom is 0.262 e. The minimum Gasteiger partial charge on any atom is -0.490 e. The molecule has 2 bridgehead atoms. The first-order chi connectivity index (χ1) is 23.9. The van der Waals surface area contributed by atoms with Crippen LogP contribution in [0.15, 0.2) is 66.9 Å². The number of carbonyl (C=O) groups excluding carboxylic acids is 1. The lowest BCUT2D eigenvalue weighted by atomic mass is 9.62. The third-order valence-corrected chi connectivity index (χ3v) is 14.3. The van der Waals surface area contributed by atoms with E-state index in [4.69, 9.17) is 16.3 Å². The number of anilines is 1. The molecule has 1 aromatic heterocycles. The molecule has 1 amide bonds. The van der Waals surface area contributed by atoms with Crippen LogP contribution in [0.25, 0.3) is 0 Å². The number of pyridine rings is 1. The van der Waals surface area contributed by atoms with Crippen molar-refractivity contribution in [2.24, 2.45) is 17.8 Å². The van der Waals surface area contributed by atoms with Crippen LogP contribution in [0.4, 0.5) is 5.69 Å². The topological polar surface area (TPSA) is 116 Å². The molecule has 10 heteroatoms. The number of nitrogens with zero attached hydrogens (tertiary/aromatic N) is 3. The lowest BCUT2D eigenvalue weighted by molar-refractivity contribution is -0.0447. The van der Waals surface area contributed by atoms with Crippen LogP contribution in [-0.4, -0.2) is 56.6 Å². The summed E-state index contributed by atoms with van der Waals surface area (Å²) < 4.78 is 23.3. The fraction of sp³-hybridized carbons (Fsp3) is 0.450. The van der Waals surface area contributed by atoms with Gasteiger partial charge in [-0.3, -0.25) is 9.52 Å². The molecule has 1 unspecified atom stereocenters. The first-order valence-electron chi connectivity index (χ1n) is 17.6. The highest BCUT2D eigenvalue weighted by Crippen LogP contribution is 2.49. The van der Waals surface area contributed by atoms with Crippen LogP contribution in [0, 0.1) is 29.1 Å². The lowest BCUT2D eigenvalue weighted by Crippen LogP contribution is -2.53. The molecule has 3 aromatic rings. The van der Waals surface area contributed by atoms with Crippen molar-refractivity contribution in [3.63, 3.8) is 0 Å². The van der Waals surface area contributed by atoms with Gasteiger partial charge in [0.2, 0.25) is 0 Å². The third kappa shape index (κ3) is 6.54. The molecule has 2 N–H and O–H groups in total. The Morgan fingerprint density at radius 1 is 1.20 bits per heavy atom. The summed E-state index contributed by atoms with van der Waals surface area (Å²) in [5.74, 6) is 4.28. The van der Waals surface area contributed by atoms with Gasteiger partial charge in [-0.05, 0) is 128 Å². The number of nitrogens with one attached hydrogen (secondary N) is 1. The molecule has 1 spiro atoms. The normalized spacial score (nSPS) is 33.0. The van der Waals surface area contributed by atoms with E-state index in [0.29, 0.717) is 49.5 Å². The zero-order valence-corrected chi connectivity index (χ0v) is 30.3. The van der Waals surface area contributed by atoms with Crippen molar-refractivity contribution in [2.75, 3.05) is 24.6 Å². The van der Waals surface area contributed by atoms with Gasteiger partial charge in [-0.25, -0.2) is 9.19 Å². The smallest absolute Gasteiger partial charge is 0.262 e. The molecule has 7 atom stereocenters. The summed E-state index contributed by atoms with van der Waals surface area (Å²) in [5.41, 5.74) is 3.40. The maximum atomic E-state index is 13.9. The molecule has 7 rings (SSSR count). The van der Waals surface area contributed by atoms with Crippen molar-refractivity contribution < 1.29 is 18.8 Å². The highest BCUT2D eigenvalue weighted by Gasteiger charge is 2.48. The first-order valence-corrected chi connectivity index (χ1v) is 19.8. The van der Waals surface area contributed by atoms with Gasteiger partial charge in [0.25, 0.3) is 5.91 Å². The number of carbonyl (C=O) groups is 1. The molecule has 50 heavy (non-hydrogen) atoms. The monoisotopic (exact) mass is 712 g/mol. The van der Waals surface area contributed by atoms with Gasteiger partial charge < -0.3 is 14.7 Å². The highest BCUT2D eigenvalue weighted by molar-refractivity contribution is 7.99. The van der Waals surface area contributed by atoms with E-state index in [1.807, 2.05) is 50.3 Å². The molecular weight excluding hydrogens is 668 g/mol. The Morgan fingerprint density at radius 3 is 2.82 bits per heavy atom. The summed E-state index contributed by atoms with van der Waals surface area (Å²) >= 11 is 6.46. The van der Waals surface area contributed by atoms with Crippen molar-refractivity contribution in [1.29, 1.82) is 5.26 Å². The molecule has 8 nitrogen and oxygen atoms in total. The van der Waals surface area contributed by atoms with Gasteiger partial charge in [0.1, 0.15) is 17.5 Å². The van der Waals surface area contributed by atoms with Crippen LogP contribution in [0.3, 0.4) is 0 Å². The average molecular weight is 713 g/mol. The van der Waals surface area contributed by atoms with E-state index in [1.54, 1.807) is 18.3 Å². The quantitative estimate of drug-likeness (QED) is 0.233. The van der Waals surface area contributed by atoms with Crippen LogP contribution < -0.4 is 14.4 Å². The van der Waals surface area contributed by atoms with Crippen LogP contribution in [-0.2, 0) is 28.0 Å². The Balaban J connectivity index is 1.32. The molecule has 1 saturated carbocycles. The molecule has 4 aliphatic rings. The number of rotatable bonds is 2. The molecule has 3 heterocycles. The standard InChI is InChI=1S/C40H45ClN4O4S/c1-26-6-4-16-40(47,21-28-14-17-43-33(18-28)22-42)35-11-8-31(35)23-45-24-39(15-5-7-29-19-32(41)10-12-34(29)39)25-49-37-13-9-30(20-36(37)45)38(46)44-50(3,48)27(26)2/h4,9-10,12-14,16-20,26-27,31,35,47H,3,5-8,11,15,21,23-25H2,1-2H3,(H,44,46,48)/b16-4+/t26-,27+,31-,35+,39-,40+,50?/m0/s1. The van der Waals surface area contributed by atoms with Crippen molar-refractivity contribution in [3.05, 3.63) is 99.9 Å². The summed E-state index contributed by atoms with van der Waals surface area (Å²) in [6.45, 7) is 5.67. The molecule has 262 valence electrons. The molecule has 1 fully saturated rings. The van der Waals surface area contributed by atoms with Gasteiger partial charge in [-0.1, -0.05) is 36.7 Å². The van der Waals surface area contributed by atoms with Gasteiger partial charge in [0.05, 0.1) is 27.6 Å². The van der Waals surface area contributed by atoms with E-state index in [-0.39, 0.29) is 23.2 Å². The number of nitriles is 1. The van der Waals surface area contributed by atoms with Crippen molar-refractivity contribution >= 4 is 38.8 Å². The van der Waals surface area contributed by atoms with E-state index >= 15 is 0 Å². The largest absolute Gasteiger partial charge is 0.490 e. The third-order valence-electron chi connectivity index (χ3n) is 11.8. The summed E-state index contributed by atoms with van der Waals surface area (Å²) in [5, 5.41) is 22.5.